The second-order valence-electron chi connectivity index (χ2n) is 5.69. The molecule has 0 bridgehead atoms. The third-order valence-corrected chi connectivity index (χ3v) is 3.77. The van der Waals surface area contributed by atoms with Crippen molar-refractivity contribution in [2.75, 3.05) is 6.54 Å². The molecule has 0 spiro atoms. The number of benzene rings is 2. The van der Waals surface area contributed by atoms with Gasteiger partial charge in [0.1, 0.15) is 6.61 Å². The maximum atomic E-state index is 12.8. The van der Waals surface area contributed by atoms with E-state index >= 15 is 0 Å². The third-order valence-electron chi connectivity index (χ3n) is 3.77. The van der Waals surface area contributed by atoms with E-state index in [1.165, 1.54) is 0 Å². The molecule has 0 aliphatic carbocycles. The normalized spacial score (nSPS) is 10.2. The van der Waals surface area contributed by atoms with Crippen LogP contribution in [0.4, 0.5) is 4.79 Å². The molecule has 2 aromatic carbocycles. The van der Waals surface area contributed by atoms with Crippen molar-refractivity contribution < 1.29 is 19.1 Å². The molecular formula is C20H21NO4. The van der Waals surface area contributed by atoms with E-state index in [2.05, 4.69) is 5.32 Å². The molecule has 0 aromatic heterocycles. The van der Waals surface area contributed by atoms with Gasteiger partial charge in [-0.15, -0.1) is 0 Å². The Balaban J connectivity index is 2.22. The van der Waals surface area contributed by atoms with Gasteiger partial charge in [0.15, 0.2) is 12.1 Å². The highest BCUT2D eigenvalue weighted by molar-refractivity contribution is 6.13. The summed E-state index contributed by atoms with van der Waals surface area (Å²) in [4.78, 5) is 35.6. The van der Waals surface area contributed by atoms with E-state index in [-0.39, 0.29) is 12.4 Å². The molecule has 130 valence electrons. The van der Waals surface area contributed by atoms with Gasteiger partial charge in [-0.05, 0) is 30.5 Å². The molecule has 0 aliphatic rings. The van der Waals surface area contributed by atoms with E-state index in [0.29, 0.717) is 35.1 Å². The first-order chi connectivity index (χ1) is 12.1. The van der Waals surface area contributed by atoms with Crippen LogP contribution in [0.2, 0.25) is 0 Å². The van der Waals surface area contributed by atoms with E-state index in [9.17, 15) is 14.4 Å². The number of hydrogen-bond acceptors (Lipinski definition) is 4. The maximum absolute atomic E-state index is 12.8. The minimum Gasteiger partial charge on any atom is -0.445 e. The van der Waals surface area contributed by atoms with E-state index in [1.807, 2.05) is 26.0 Å². The zero-order valence-electron chi connectivity index (χ0n) is 14.4. The number of rotatable bonds is 7. The average molecular weight is 339 g/mol. The molecule has 0 unspecified atom stereocenters. The molecule has 0 aliphatic heterocycles. The molecule has 5 heteroatoms. The fraction of sp³-hybridized carbons (Fsp3) is 0.250. The van der Waals surface area contributed by atoms with Gasteiger partial charge >= 0.3 is 6.09 Å². The monoisotopic (exact) mass is 339 g/mol. The third kappa shape index (κ3) is 4.76. The summed E-state index contributed by atoms with van der Waals surface area (Å²) in [6, 6.07) is 12.1. The van der Waals surface area contributed by atoms with Gasteiger partial charge in [-0.1, -0.05) is 43.3 Å². The molecule has 0 heterocycles. The zero-order chi connectivity index (χ0) is 18.2. The fourth-order valence-corrected chi connectivity index (χ4v) is 2.39. The number of carbonyl (C=O) groups is 3. The molecular weight excluding hydrogens is 318 g/mol. The Kier molecular flexibility index (Phi) is 6.46. The minimum absolute atomic E-state index is 0.0305. The van der Waals surface area contributed by atoms with Gasteiger partial charge in [-0.2, -0.15) is 0 Å². The van der Waals surface area contributed by atoms with E-state index < -0.39 is 6.09 Å². The van der Waals surface area contributed by atoms with Crippen molar-refractivity contribution in [3.63, 3.8) is 0 Å². The lowest BCUT2D eigenvalue weighted by atomic mass is 9.94. The van der Waals surface area contributed by atoms with Crippen LogP contribution >= 0.6 is 0 Å². The van der Waals surface area contributed by atoms with Crippen LogP contribution in [0, 0.1) is 6.92 Å². The van der Waals surface area contributed by atoms with Crippen molar-refractivity contribution in [3.8, 4) is 0 Å². The van der Waals surface area contributed by atoms with Gasteiger partial charge in [-0.3, -0.25) is 9.59 Å². The number of alkyl carbamates (subject to hydrolysis) is 1. The second kappa shape index (κ2) is 8.78. The van der Waals surface area contributed by atoms with Crippen molar-refractivity contribution in [1.82, 2.24) is 5.32 Å². The van der Waals surface area contributed by atoms with Gasteiger partial charge in [-0.25, -0.2) is 4.79 Å². The molecule has 5 nitrogen and oxygen atoms in total. The molecule has 0 saturated carbocycles. The van der Waals surface area contributed by atoms with Crippen LogP contribution in [0.15, 0.2) is 42.5 Å². The average Bonchev–Trinajstić information content (AvgIpc) is 2.64. The summed E-state index contributed by atoms with van der Waals surface area (Å²) in [5.74, 6) is -0.225. The minimum atomic E-state index is -0.506. The Hall–Kier alpha value is -2.95. The summed E-state index contributed by atoms with van der Waals surface area (Å²) in [5, 5.41) is 2.61. The standard InChI is InChI=1S/C20H21NO4/c1-3-10-21-20(24)25-13-15-8-9-16(12-22)18(11-15)19(23)17-7-5-4-6-14(17)2/h4-9,11-12H,3,10,13H2,1-2H3,(H,21,24). The Morgan fingerprint density at radius 1 is 1.12 bits per heavy atom. The van der Waals surface area contributed by atoms with Crippen molar-refractivity contribution >= 4 is 18.2 Å². The topological polar surface area (TPSA) is 72.5 Å². The molecule has 1 N–H and O–H groups in total. The lowest BCUT2D eigenvalue weighted by Gasteiger charge is -2.10. The molecule has 0 atom stereocenters. The molecule has 25 heavy (non-hydrogen) atoms. The first-order valence-electron chi connectivity index (χ1n) is 8.16. The highest BCUT2D eigenvalue weighted by Crippen LogP contribution is 2.18. The van der Waals surface area contributed by atoms with Crippen LogP contribution in [0.3, 0.4) is 0 Å². The fourth-order valence-electron chi connectivity index (χ4n) is 2.39. The predicted octanol–water partition coefficient (Wildman–Crippen LogP) is 3.67. The van der Waals surface area contributed by atoms with Gasteiger partial charge in [0.05, 0.1) is 0 Å². The molecule has 2 aromatic rings. The van der Waals surface area contributed by atoms with Crippen LogP contribution in [0.5, 0.6) is 0 Å². The predicted molar refractivity (Wildman–Crippen MR) is 94.9 cm³/mol. The van der Waals surface area contributed by atoms with Crippen molar-refractivity contribution in [2.24, 2.45) is 0 Å². The second-order valence-corrected chi connectivity index (χ2v) is 5.69. The number of nitrogens with one attached hydrogen (secondary N) is 1. The van der Waals surface area contributed by atoms with Crippen LogP contribution < -0.4 is 5.32 Å². The highest BCUT2D eigenvalue weighted by atomic mass is 16.5. The summed E-state index contributed by atoms with van der Waals surface area (Å²) >= 11 is 0. The number of carbonyl (C=O) groups excluding carboxylic acids is 3. The SMILES string of the molecule is CCCNC(=O)OCc1ccc(C=O)c(C(=O)c2ccccc2C)c1. The highest BCUT2D eigenvalue weighted by Gasteiger charge is 2.16. The van der Waals surface area contributed by atoms with Gasteiger partial charge < -0.3 is 10.1 Å². The molecule has 0 radical (unpaired) electrons. The van der Waals surface area contributed by atoms with Crippen LogP contribution in [0.25, 0.3) is 0 Å². The number of ketones is 1. The molecule has 2 rings (SSSR count). The van der Waals surface area contributed by atoms with Gasteiger partial charge in [0.25, 0.3) is 0 Å². The Labute approximate surface area is 147 Å². The number of aryl methyl sites for hydroxylation is 1. The van der Waals surface area contributed by atoms with Crippen LogP contribution in [-0.4, -0.2) is 24.7 Å². The Bertz CT molecular complexity index is 783. The number of hydrogen-bond donors (Lipinski definition) is 1. The summed E-state index contributed by atoms with van der Waals surface area (Å²) in [6.45, 7) is 4.36. The largest absolute Gasteiger partial charge is 0.445 e. The van der Waals surface area contributed by atoms with Crippen LogP contribution in [0.1, 0.15) is 50.8 Å². The van der Waals surface area contributed by atoms with E-state index in [4.69, 9.17) is 4.74 Å². The Morgan fingerprint density at radius 2 is 1.88 bits per heavy atom. The number of amides is 1. The quantitative estimate of drug-likeness (QED) is 0.617. The van der Waals surface area contributed by atoms with E-state index in [1.54, 1.807) is 30.3 Å². The summed E-state index contributed by atoms with van der Waals surface area (Å²) in [6.07, 6.45) is 0.968. The maximum Gasteiger partial charge on any atom is 0.407 e. The number of ether oxygens (including phenoxy) is 1. The summed E-state index contributed by atoms with van der Waals surface area (Å²) in [7, 11) is 0. The first-order valence-corrected chi connectivity index (χ1v) is 8.16. The smallest absolute Gasteiger partial charge is 0.407 e. The summed E-state index contributed by atoms with van der Waals surface area (Å²) < 4.78 is 5.12. The lowest BCUT2D eigenvalue weighted by molar-refractivity contribution is 0.102. The van der Waals surface area contributed by atoms with Gasteiger partial charge in [0, 0.05) is 23.2 Å². The van der Waals surface area contributed by atoms with Crippen molar-refractivity contribution in [3.05, 3.63) is 70.3 Å². The summed E-state index contributed by atoms with van der Waals surface area (Å²) in [5.41, 5.74) is 2.65. The molecule has 0 fully saturated rings. The lowest BCUT2D eigenvalue weighted by Crippen LogP contribution is -2.24. The van der Waals surface area contributed by atoms with Crippen molar-refractivity contribution in [2.45, 2.75) is 26.9 Å². The first kappa shape index (κ1) is 18.4. The molecule has 1 amide bonds. The van der Waals surface area contributed by atoms with E-state index in [0.717, 1.165) is 12.0 Å². The van der Waals surface area contributed by atoms with Crippen molar-refractivity contribution in [1.29, 1.82) is 0 Å². The Morgan fingerprint density at radius 3 is 2.56 bits per heavy atom. The number of aldehydes is 1. The molecule has 0 saturated heterocycles. The van der Waals surface area contributed by atoms with Gasteiger partial charge in [0.2, 0.25) is 0 Å². The van der Waals surface area contributed by atoms with Crippen LogP contribution in [-0.2, 0) is 11.3 Å². The zero-order valence-corrected chi connectivity index (χ0v) is 14.4.